The highest BCUT2D eigenvalue weighted by atomic mass is 16.2. The maximum absolute atomic E-state index is 12.4. The summed E-state index contributed by atoms with van der Waals surface area (Å²) in [6, 6.07) is 13.0. The van der Waals surface area contributed by atoms with Crippen LogP contribution in [0.4, 0.5) is 5.69 Å². The lowest BCUT2D eigenvalue weighted by Gasteiger charge is -2.16. The van der Waals surface area contributed by atoms with Gasteiger partial charge in [-0.3, -0.25) is 14.5 Å². The molecular formula is C15H11N3O2. The molecule has 0 atom stereocenters. The molecule has 1 heterocycles. The van der Waals surface area contributed by atoms with Gasteiger partial charge in [0.05, 0.1) is 11.8 Å². The van der Waals surface area contributed by atoms with Crippen LogP contribution in [0.5, 0.6) is 0 Å². The molecule has 0 aliphatic carbocycles. The summed E-state index contributed by atoms with van der Waals surface area (Å²) in [5.74, 6) is -0.520. The van der Waals surface area contributed by atoms with Gasteiger partial charge in [0.15, 0.2) is 0 Å². The Bertz CT molecular complexity index is 756. The van der Waals surface area contributed by atoms with Crippen molar-refractivity contribution < 1.29 is 9.59 Å². The molecule has 1 aliphatic rings. The van der Waals surface area contributed by atoms with E-state index in [1.807, 2.05) is 36.4 Å². The molecule has 3 rings (SSSR count). The second-order valence-corrected chi connectivity index (χ2v) is 4.51. The minimum absolute atomic E-state index is 0.0575. The number of carbonyl (C=O) groups is 2. The van der Waals surface area contributed by atoms with Crippen molar-refractivity contribution >= 4 is 28.3 Å². The molecule has 1 N–H and O–H groups in total. The van der Waals surface area contributed by atoms with E-state index in [0.29, 0.717) is 5.56 Å². The Morgan fingerprint density at radius 2 is 2.00 bits per heavy atom. The third-order valence-electron chi connectivity index (χ3n) is 3.32. The predicted octanol–water partition coefficient (Wildman–Crippen LogP) is 1.44. The summed E-state index contributed by atoms with van der Waals surface area (Å²) in [6.45, 7) is -0.133. The highest BCUT2D eigenvalue weighted by Crippen LogP contribution is 2.36. The van der Waals surface area contributed by atoms with Crippen LogP contribution in [0.15, 0.2) is 36.4 Å². The molecule has 0 saturated carbocycles. The van der Waals surface area contributed by atoms with E-state index < -0.39 is 0 Å². The molecule has 0 bridgehead atoms. The van der Waals surface area contributed by atoms with Crippen molar-refractivity contribution in [3.8, 4) is 6.07 Å². The Balaban J connectivity index is 1.97. The van der Waals surface area contributed by atoms with Crippen molar-refractivity contribution in [2.24, 2.45) is 0 Å². The predicted molar refractivity (Wildman–Crippen MR) is 74.2 cm³/mol. The molecule has 5 heteroatoms. The molecule has 0 unspecified atom stereocenters. The number of amides is 2. The minimum Gasteiger partial charge on any atom is -0.341 e. The van der Waals surface area contributed by atoms with Crippen molar-refractivity contribution in [2.75, 3.05) is 18.0 Å². The van der Waals surface area contributed by atoms with Gasteiger partial charge in [0.2, 0.25) is 5.91 Å². The molecule has 20 heavy (non-hydrogen) atoms. The average Bonchev–Trinajstić information content (AvgIpc) is 2.73. The summed E-state index contributed by atoms with van der Waals surface area (Å²) in [4.78, 5) is 25.5. The van der Waals surface area contributed by atoms with Crippen molar-refractivity contribution in [1.82, 2.24) is 5.32 Å². The summed E-state index contributed by atoms with van der Waals surface area (Å²) in [5, 5.41) is 12.8. The van der Waals surface area contributed by atoms with E-state index in [0.717, 1.165) is 16.5 Å². The maximum atomic E-state index is 12.4. The van der Waals surface area contributed by atoms with Crippen LogP contribution in [0, 0.1) is 11.3 Å². The Morgan fingerprint density at radius 1 is 1.25 bits per heavy atom. The molecule has 5 nitrogen and oxygen atoms in total. The zero-order valence-corrected chi connectivity index (χ0v) is 10.6. The second kappa shape index (κ2) is 4.67. The van der Waals surface area contributed by atoms with Gasteiger partial charge in [-0.2, -0.15) is 5.26 Å². The van der Waals surface area contributed by atoms with Gasteiger partial charge < -0.3 is 5.32 Å². The highest BCUT2D eigenvalue weighted by molar-refractivity contribution is 6.26. The number of hydrogen-bond acceptors (Lipinski definition) is 3. The lowest BCUT2D eigenvalue weighted by molar-refractivity contribution is -0.119. The fraction of sp³-hybridized carbons (Fsp3) is 0.133. The van der Waals surface area contributed by atoms with Gasteiger partial charge in [-0.15, -0.1) is 0 Å². The standard InChI is InChI=1S/C15H11N3O2/c16-7-8-17-13(19)9-18-12-6-2-4-10-3-1-5-11(14(10)12)15(18)20/h1-6H,8-9H2,(H,17,19). The topological polar surface area (TPSA) is 73.2 Å². The van der Waals surface area contributed by atoms with E-state index in [4.69, 9.17) is 5.26 Å². The van der Waals surface area contributed by atoms with Gasteiger partial charge in [0.1, 0.15) is 13.1 Å². The Morgan fingerprint density at radius 3 is 2.75 bits per heavy atom. The molecule has 98 valence electrons. The normalized spacial score (nSPS) is 12.6. The number of anilines is 1. The third kappa shape index (κ3) is 1.79. The van der Waals surface area contributed by atoms with Crippen LogP contribution in [0.1, 0.15) is 10.4 Å². The number of nitriles is 1. The summed E-state index contributed by atoms with van der Waals surface area (Å²) < 4.78 is 0. The van der Waals surface area contributed by atoms with Gasteiger partial charge in [0, 0.05) is 10.9 Å². The van der Waals surface area contributed by atoms with Crippen molar-refractivity contribution in [3.05, 3.63) is 42.0 Å². The Labute approximate surface area is 115 Å². The maximum Gasteiger partial charge on any atom is 0.259 e. The van der Waals surface area contributed by atoms with Crippen LogP contribution >= 0.6 is 0 Å². The van der Waals surface area contributed by atoms with Crippen LogP contribution in [0.2, 0.25) is 0 Å². The summed E-state index contributed by atoms with van der Waals surface area (Å²) in [5.41, 5.74) is 1.36. The molecule has 2 aromatic carbocycles. The number of benzene rings is 2. The van der Waals surface area contributed by atoms with E-state index in [2.05, 4.69) is 5.32 Å². The molecule has 0 radical (unpaired) electrons. The summed E-state index contributed by atoms with van der Waals surface area (Å²) >= 11 is 0. The van der Waals surface area contributed by atoms with E-state index in [9.17, 15) is 9.59 Å². The molecule has 0 saturated heterocycles. The summed E-state index contributed by atoms with van der Waals surface area (Å²) in [6.07, 6.45) is 0. The lowest BCUT2D eigenvalue weighted by atomic mass is 10.1. The fourth-order valence-corrected chi connectivity index (χ4v) is 2.47. The van der Waals surface area contributed by atoms with Crippen LogP contribution in [-0.2, 0) is 4.79 Å². The first-order chi connectivity index (χ1) is 9.72. The van der Waals surface area contributed by atoms with E-state index in [-0.39, 0.29) is 24.9 Å². The lowest BCUT2D eigenvalue weighted by Crippen LogP contribution is -2.39. The monoisotopic (exact) mass is 265 g/mol. The van der Waals surface area contributed by atoms with Crippen molar-refractivity contribution in [3.63, 3.8) is 0 Å². The molecule has 0 spiro atoms. The fourth-order valence-electron chi connectivity index (χ4n) is 2.47. The van der Waals surface area contributed by atoms with Gasteiger partial charge in [-0.1, -0.05) is 24.3 Å². The van der Waals surface area contributed by atoms with E-state index >= 15 is 0 Å². The van der Waals surface area contributed by atoms with Gasteiger partial charge in [0.25, 0.3) is 5.91 Å². The van der Waals surface area contributed by atoms with Crippen LogP contribution < -0.4 is 10.2 Å². The number of carbonyl (C=O) groups excluding carboxylic acids is 2. The molecule has 0 aromatic heterocycles. The SMILES string of the molecule is N#CCNC(=O)CN1C(=O)c2cccc3cccc1c23. The minimum atomic E-state index is -0.343. The molecule has 2 aromatic rings. The van der Waals surface area contributed by atoms with Gasteiger partial charge in [-0.25, -0.2) is 0 Å². The van der Waals surface area contributed by atoms with Crippen LogP contribution in [0.3, 0.4) is 0 Å². The Kier molecular flexibility index (Phi) is 2.84. The average molecular weight is 265 g/mol. The second-order valence-electron chi connectivity index (χ2n) is 4.51. The van der Waals surface area contributed by atoms with Crippen molar-refractivity contribution in [2.45, 2.75) is 0 Å². The number of hydrogen-bond donors (Lipinski definition) is 1. The zero-order chi connectivity index (χ0) is 14.1. The zero-order valence-electron chi connectivity index (χ0n) is 10.6. The molecule has 0 fully saturated rings. The van der Waals surface area contributed by atoms with E-state index in [1.54, 1.807) is 6.07 Å². The molecule has 1 aliphatic heterocycles. The largest absolute Gasteiger partial charge is 0.341 e. The van der Waals surface area contributed by atoms with Crippen molar-refractivity contribution in [1.29, 1.82) is 5.26 Å². The molecular weight excluding hydrogens is 254 g/mol. The van der Waals surface area contributed by atoms with Crippen LogP contribution in [-0.4, -0.2) is 24.9 Å². The number of nitrogens with one attached hydrogen (secondary N) is 1. The first kappa shape index (κ1) is 12.2. The van der Waals surface area contributed by atoms with E-state index in [1.165, 1.54) is 4.90 Å². The van der Waals surface area contributed by atoms with Crippen LogP contribution in [0.25, 0.3) is 10.8 Å². The Hall–Kier alpha value is -2.87. The summed E-state index contributed by atoms with van der Waals surface area (Å²) in [7, 11) is 0. The quantitative estimate of drug-likeness (QED) is 0.853. The first-order valence-electron chi connectivity index (χ1n) is 6.19. The first-order valence-corrected chi connectivity index (χ1v) is 6.19. The van der Waals surface area contributed by atoms with Gasteiger partial charge >= 0.3 is 0 Å². The number of nitrogens with zero attached hydrogens (tertiary/aromatic N) is 2. The smallest absolute Gasteiger partial charge is 0.259 e. The van der Waals surface area contributed by atoms with Gasteiger partial charge in [-0.05, 0) is 17.5 Å². The number of rotatable bonds is 3. The highest BCUT2D eigenvalue weighted by Gasteiger charge is 2.30. The molecule has 2 amide bonds. The third-order valence-corrected chi connectivity index (χ3v) is 3.32.